The van der Waals surface area contributed by atoms with E-state index in [0.717, 1.165) is 16.0 Å². The number of carbonyl (C=O) groups is 1. The summed E-state index contributed by atoms with van der Waals surface area (Å²) < 4.78 is 6.10. The lowest BCUT2D eigenvalue weighted by Crippen LogP contribution is -2.12. The van der Waals surface area contributed by atoms with E-state index in [0.29, 0.717) is 15.7 Å². The Kier molecular flexibility index (Phi) is 3.72. The maximum Gasteiger partial charge on any atom is 0.260 e. The summed E-state index contributed by atoms with van der Waals surface area (Å²) in [6.07, 6.45) is 2.96. The number of carbonyl (C=O) groups excluding carboxylic acids is 1. The molecule has 0 radical (unpaired) electrons. The summed E-state index contributed by atoms with van der Waals surface area (Å²) >= 11 is 7.34. The topological polar surface area (TPSA) is 64.1 Å². The van der Waals surface area contributed by atoms with Crippen LogP contribution in [0.1, 0.15) is 10.4 Å². The van der Waals surface area contributed by atoms with Gasteiger partial charge >= 0.3 is 0 Å². The zero-order valence-corrected chi connectivity index (χ0v) is 12.5. The molecule has 5 nitrogen and oxygen atoms in total. The summed E-state index contributed by atoms with van der Waals surface area (Å²) in [4.78, 5) is 20.4. The van der Waals surface area contributed by atoms with E-state index in [1.807, 2.05) is 18.2 Å². The third-order valence-electron chi connectivity index (χ3n) is 2.83. The number of amides is 1. The summed E-state index contributed by atoms with van der Waals surface area (Å²) in [5.74, 6) is 0.415. The van der Waals surface area contributed by atoms with Crippen LogP contribution in [0.5, 0.6) is 5.75 Å². The monoisotopic (exact) mass is 319 g/mol. The molecule has 0 fully saturated rings. The molecular formula is C14H10ClN3O2S. The van der Waals surface area contributed by atoms with Crippen molar-refractivity contribution in [1.29, 1.82) is 0 Å². The third kappa shape index (κ3) is 2.81. The summed E-state index contributed by atoms with van der Waals surface area (Å²) in [7, 11) is 1.61. The number of aromatic nitrogens is 2. The molecule has 0 bridgehead atoms. The highest BCUT2D eigenvalue weighted by Crippen LogP contribution is 2.29. The largest absolute Gasteiger partial charge is 0.497 e. The first-order chi connectivity index (χ1) is 10.2. The Balaban J connectivity index is 1.88. The molecule has 0 atom stereocenters. The normalized spacial score (nSPS) is 10.6. The SMILES string of the molecule is COc1ccc2nc(NC(=O)c3cnccc3Cl)sc2c1. The number of fused-ring (bicyclic) bond motifs is 1. The van der Waals surface area contributed by atoms with E-state index in [9.17, 15) is 4.79 Å². The van der Waals surface area contributed by atoms with Gasteiger partial charge in [0, 0.05) is 12.4 Å². The van der Waals surface area contributed by atoms with E-state index in [1.54, 1.807) is 13.2 Å². The minimum Gasteiger partial charge on any atom is -0.497 e. The van der Waals surface area contributed by atoms with Crippen LogP contribution < -0.4 is 10.1 Å². The number of rotatable bonds is 3. The highest BCUT2D eigenvalue weighted by atomic mass is 35.5. The zero-order valence-electron chi connectivity index (χ0n) is 11.0. The van der Waals surface area contributed by atoms with Crippen LogP contribution in [0.15, 0.2) is 36.7 Å². The second-order valence-corrected chi connectivity index (χ2v) is 5.60. The fourth-order valence-electron chi connectivity index (χ4n) is 1.79. The Hall–Kier alpha value is -2.18. The summed E-state index contributed by atoms with van der Waals surface area (Å²) in [5.41, 5.74) is 1.12. The molecule has 1 amide bonds. The van der Waals surface area contributed by atoms with Crippen LogP contribution in [0.2, 0.25) is 5.02 Å². The van der Waals surface area contributed by atoms with Crippen LogP contribution in [0.25, 0.3) is 10.2 Å². The number of benzene rings is 1. The lowest BCUT2D eigenvalue weighted by molar-refractivity contribution is 0.102. The molecule has 106 valence electrons. The first kappa shape index (κ1) is 13.8. The molecule has 0 unspecified atom stereocenters. The van der Waals surface area contributed by atoms with Crippen molar-refractivity contribution in [1.82, 2.24) is 9.97 Å². The number of nitrogens with one attached hydrogen (secondary N) is 1. The van der Waals surface area contributed by atoms with Crippen LogP contribution in [0, 0.1) is 0 Å². The first-order valence-corrected chi connectivity index (χ1v) is 7.22. The molecule has 3 rings (SSSR count). The standard InChI is InChI=1S/C14H10ClN3O2S/c1-20-8-2-3-11-12(6-8)21-14(17-11)18-13(19)9-7-16-5-4-10(9)15/h2-7H,1H3,(H,17,18,19). The van der Waals surface area contributed by atoms with Crippen LogP contribution in [-0.4, -0.2) is 23.0 Å². The number of halogens is 1. The molecular weight excluding hydrogens is 310 g/mol. The van der Waals surface area contributed by atoms with Crippen molar-refractivity contribution in [3.63, 3.8) is 0 Å². The van der Waals surface area contributed by atoms with E-state index < -0.39 is 0 Å². The highest BCUT2D eigenvalue weighted by molar-refractivity contribution is 7.22. The number of thiazole rings is 1. The van der Waals surface area contributed by atoms with Crippen molar-refractivity contribution < 1.29 is 9.53 Å². The van der Waals surface area contributed by atoms with Gasteiger partial charge in [0.2, 0.25) is 0 Å². The number of ether oxygens (including phenoxy) is 1. The van der Waals surface area contributed by atoms with Gasteiger partial charge in [-0.05, 0) is 24.3 Å². The Morgan fingerprint density at radius 2 is 2.24 bits per heavy atom. The van der Waals surface area contributed by atoms with E-state index in [1.165, 1.54) is 23.7 Å². The van der Waals surface area contributed by atoms with Gasteiger partial charge in [-0.1, -0.05) is 22.9 Å². The Morgan fingerprint density at radius 3 is 3.00 bits per heavy atom. The van der Waals surface area contributed by atoms with Crippen molar-refractivity contribution in [2.45, 2.75) is 0 Å². The molecule has 0 aliphatic heterocycles. The van der Waals surface area contributed by atoms with Crippen LogP contribution in [-0.2, 0) is 0 Å². The Bertz CT molecular complexity index is 819. The van der Waals surface area contributed by atoms with E-state index in [2.05, 4.69) is 15.3 Å². The quantitative estimate of drug-likeness (QED) is 0.801. The Morgan fingerprint density at radius 1 is 1.38 bits per heavy atom. The van der Waals surface area contributed by atoms with Gasteiger partial charge in [-0.25, -0.2) is 4.98 Å². The van der Waals surface area contributed by atoms with Gasteiger partial charge in [0.25, 0.3) is 5.91 Å². The molecule has 1 N–H and O–H groups in total. The van der Waals surface area contributed by atoms with Gasteiger partial charge in [-0.2, -0.15) is 0 Å². The van der Waals surface area contributed by atoms with Crippen molar-refractivity contribution in [3.05, 3.63) is 47.2 Å². The lowest BCUT2D eigenvalue weighted by Gasteiger charge is -2.02. The average Bonchev–Trinajstić information content (AvgIpc) is 2.88. The zero-order chi connectivity index (χ0) is 14.8. The lowest BCUT2D eigenvalue weighted by atomic mass is 10.3. The minimum atomic E-state index is -0.334. The minimum absolute atomic E-state index is 0.316. The van der Waals surface area contributed by atoms with E-state index in [4.69, 9.17) is 16.3 Å². The molecule has 1 aromatic carbocycles. The van der Waals surface area contributed by atoms with Crippen LogP contribution in [0.3, 0.4) is 0 Å². The maximum atomic E-state index is 12.1. The number of anilines is 1. The molecule has 0 aliphatic rings. The van der Waals surface area contributed by atoms with Gasteiger partial charge in [-0.3, -0.25) is 15.1 Å². The number of hydrogen-bond donors (Lipinski definition) is 1. The van der Waals surface area contributed by atoms with Gasteiger partial charge in [0.15, 0.2) is 5.13 Å². The molecule has 0 aliphatic carbocycles. The van der Waals surface area contributed by atoms with Crippen molar-refractivity contribution in [3.8, 4) is 5.75 Å². The number of hydrogen-bond acceptors (Lipinski definition) is 5. The smallest absolute Gasteiger partial charge is 0.260 e. The predicted molar refractivity (Wildman–Crippen MR) is 83.4 cm³/mol. The molecule has 7 heteroatoms. The molecule has 2 aromatic heterocycles. The molecule has 2 heterocycles. The van der Waals surface area contributed by atoms with Gasteiger partial charge in [0.05, 0.1) is 27.9 Å². The fraction of sp³-hybridized carbons (Fsp3) is 0.0714. The number of nitrogens with zero attached hydrogens (tertiary/aromatic N) is 2. The van der Waals surface area contributed by atoms with Crippen LogP contribution in [0.4, 0.5) is 5.13 Å². The van der Waals surface area contributed by atoms with Crippen molar-refractivity contribution >= 4 is 44.2 Å². The number of pyridine rings is 1. The van der Waals surface area contributed by atoms with Crippen molar-refractivity contribution in [2.24, 2.45) is 0 Å². The number of methoxy groups -OCH3 is 1. The van der Waals surface area contributed by atoms with Gasteiger partial charge in [0.1, 0.15) is 5.75 Å². The van der Waals surface area contributed by atoms with Gasteiger partial charge < -0.3 is 4.74 Å². The summed E-state index contributed by atoms with van der Waals surface area (Å²) in [6, 6.07) is 7.11. The second-order valence-electron chi connectivity index (χ2n) is 4.16. The second kappa shape index (κ2) is 5.67. The van der Waals surface area contributed by atoms with Crippen molar-refractivity contribution in [2.75, 3.05) is 12.4 Å². The highest BCUT2D eigenvalue weighted by Gasteiger charge is 2.13. The van der Waals surface area contributed by atoms with E-state index in [-0.39, 0.29) is 5.91 Å². The van der Waals surface area contributed by atoms with Gasteiger partial charge in [-0.15, -0.1) is 0 Å². The average molecular weight is 320 g/mol. The fourth-order valence-corrected chi connectivity index (χ4v) is 2.87. The van der Waals surface area contributed by atoms with Crippen LogP contribution >= 0.6 is 22.9 Å². The third-order valence-corrected chi connectivity index (χ3v) is 4.09. The summed E-state index contributed by atoms with van der Waals surface area (Å²) in [6.45, 7) is 0. The molecule has 3 aromatic rings. The molecule has 21 heavy (non-hydrogen) atoms. The maximum absolute atomic E-state index is 12.1. The molecule has 0 saturated carbocycles. The molecule has 0 spiro atoms. The predicted octanol–water partition coefficient (Wildman–Crippen LogP) is 3.61. The first-order valence-electron chi connectivity index (χ1n) is 6.03. The van der Waals surface area contributed by atoms with E-state index >= 15 is 0 Å². The molecule has 0 saturated heterocycles. The summed E-state index contributed by atoms with van der Waals surface area (Å²) in [5, 5.41) is 3.58. The Labute approximate surface area is 129 Å².